The van der Waals surface area contributed by atoms with E-state index in [0.717, 1.165) is 11.1 Å². The van der Waals surface area contributed by atoms with Crippen molar-refractivity contribution in [2.24, 2.45) is 0 Å². The molecule has 1 N–H and O–H groups in total. The van der Waals surface area contributed by atoms with Crippen molar-refractivity contribution in [3.63, 3.8) is 0 Å². The number of hydrogen-bond acceptors (Lipinski definition) is 8. The van der Waals surface area contributed by atoms with Gasteiger partial charge in [0.05, 0.1) is 15.9 Å². The molecular formula is C26H24N6O5S. The molecule has 0 saturated heterocycles. The number of aromatic nitrogens is 3. The van der Waals surface area contributed by atoms with E-state index in [1.54, 1.807) is 30.5 Å². The smallest absolute Gasteiger partial charge is 0.273 e. The third kappa shape index (κ3) is 5.86. The zero-order valence-corrected chi connectivity index (χ0v) is 21.6. The zero-order chi connectivity index (χ0) is 27.4. The second kappa shape index (κ2) is 11.2. The van der Waals surface area contributed by atoms with Gasteiger partial charge >= 0.3 is 0 Å². The standard InChI is InChI=1S/C26H24N6O5S/c1-16-5-4-6-19(13-16)15-38-26-29-28-24(30(26)21-9-11-22(12-10-21)31(34)35)18(3)27-25(33)20-8-7-17(2)23(14-20)32(36)37/h4-14,18H,15H2,1-3H3,(H,27,33). The monoisotopic (exact) mass is 532 g/mol. The van der Waals surface area contributed by atoms with Gasteiger partial charge in [-0.05, 0) is 44.5 Å². The Hall–Kier alpha value is -4.58. The van der Waals surface area contributed by atoms with Gasteiger partial charge in [-0.25, -0.2) is 0 Å². The Bertz CT molecular complexity index is 1520. The van der Waals surface area contributed by atoms with Gasteiger partial charge in [0.25, 0.3) is 17.3 Å². The number of amides is 1. The van der Waals surface area contributed by atoms with Crippen LogP contribution in [0.1, 0.15) is 45.8 Å². The van der Waals surface area contributed by atoms with Crippen molar-refractivity contribution in [3.8, 4) is 5.69 Å². The first-order chi connectivity index (χ1) is 18.1. The molecule has 194 valence electrons. The third-order valence-electron chi connectivity index (χ3n) is 5.83. The molecule has 0 aliphatic rings. The molecule has 1 atom stereocenters. The maximum absolute atomic E-state index is 13.0. The molecule has 0 radical (unpaired) electrons. The van der Waals surface area contributed by atoms with Crippen molar-refractivity contribution in [1.82, 2.24) is 20.1 Å². The van der Waals surface area contributed by atoms with E-state index in [1.807, 2.05) is 25.1 Å². The van der Waals surface area contributed by atoms with Crippen LogP contribution in [-0.4, -0.2) is 30.5 Å². The summed E-state index contributed by atoms with van der Waals surface area (Å²) in [4.78, 5) is 34.4. The molecule has 0 fully saturated rings. The predicted octanol–water partition coefficient (Wildman–Crippen LogP) is 5.48. The maximum atomic E-state index is 13.0. The lowest BCUT2D eigenvalue weighted by molar-refractivity contribution is -0.385. The molecule has 11 nitrogen and oxygen atoms in total. The molecule has 0 bridgehead atoms. The summed E-state index contributed by atoms with van der Waals surface area (Å²) in [5, 5.41) is 34.5. The Kier molecular flexibility index (Phi) is 7.82. The summed E-state index contributed by atoms with van der Waals surface area (Å²) in [6.45, 7) is 5.34. The fraction of sp³-hybridized carbons (Fsp3) is 0.192. The summed E-state index contributed by atoms with van der Waals surface area (Å²) in [7, 11) is 0. The van der Waals surface area contributed by atoms with E-state index in [2.05, 4.69) is 21.6 Å². The van der Waals surface area contributed by atoms with Crippen LogP contribution < -0.4 is 5.32 Å². The molecule has 0 aliphatic carbocycles. The number of nitro benzene ring substituents is 2. The van der Waals surface area contributed by atoms with Gasteiger partial charge in [-0.1, -0.05) is 47.7 Å². The summed E-state index contributed by atoms with van der Waals surface area (Å²) < 4.78 is 1.74. The van der Waals surface area contributed by atoms with Crippen molar-refractivity contribution >= 4 is 29.0 Å². The molecule has 4 aromatic rings. The normalized spacial score (nSPS) is 11.7. The molecule has 1 heterocycles. The minimum atomic E-state index is -0.640. The lowest BCUT2D eigenvalue weighted by Gasteiger charge is -2.16. The highest BCUT2D eigenvalue weighted by atomic mass is 32.2. The van der Waals surface area contributed by atoms with Crippen molar-refractivity contribution < 1.29 is 14.6 Å². The van der Waals surface area contributed by atoms with Gasteiger partial charge in [0, 0.05) is 40.8 Å². The number of benzene rings is 3. The van der Waals surface area contributed by atoms with Crippen molar-refractivity contribution in [3.05, 3.63) is 115 Å². The fourth-order valence-corrected chi connectivity index (χ4v) is 4.76. The number of carbonyl (C=O) groups is 1. The van der Waals surface area contributed by atoms with E-state index in [-0.39, 0.29) is 16.9 Å². The Morgan fingerprint density at radius 2 is 1.74 bits per heavy atom. The van der Waals surface area contributed by atoms with E-state index in [1.165, 1.54) is 42.1 Å². The second-order valence-electron chi connectivity index (χ2n) is 8.68. The first kappa shape index (κ1) is 26.5. The number of rotatable bonds is 9. The van der Waals surface area contributed by atoms with Crippen LogP contribution in [0.2, 0.25) is 0 Å². The number of nitro groups is 2. The van der Waals surface area contributed by atoms with Crippen LogP contribution >= 0.6 is 11.8 Å². The number of carbonyl (C=O) groups excluding carboxylic acids is 1. The molecule has 38 heavy (non-hydrogen) atoms. The lowest BCUT2D eigenvalue weighted by Crippen LogP contribution is -2.28. The Labute approximate surface area is 222 Å². The van der Waals surface area contributed by atoms with E-state index >= 15 is 0 Å². The Balaban J connectivity index is 1.65. The van der Waals surface area contributed by atoms with Crippen LogP contribution in [-0.2, 0) is 5.75 Å². The third-order valence-corrected chi connectivity index (χ3v) is 6.83. The summed E-state index contributed by atoms with van der Waals surface area (Å²) in [5.74, 6) is 0.508. The number of hydrogen-bond donors (Lipinski definition) is 1. The number of nitrogens with one attached hydrogen (secondary N) is 1. The fourth-order valence-electron chi connectivity index (χ4n) is 3.86. The van der Waals surface area contributed by atoms with Crippen LogP contribution in [0.4, 0.5) is 11.4 Å². The maximum Gasteiger partial charge on any atom is 0.273 e. The highest BCUT2D eigenvalue weighted by Crippen LogP contribution is 2.29. The lowest BCUT2D eigenvalue weighted by atomic mass is 10.1. The molecule has 0 saturated carbocycles. The molecule has 3 aromatic carbocycles. The average molecular weight is 533 g/mol. The van der Waals surface area contributed by atoms with Crippen LogP contribution in [0.15, 0.2) is 71.9 Å². The largest absolute Gasteiger partial charge is 0.342 e. The number of aryl methyl sites for hydroxylation is 2. The minimum Gasteiger partial charge on any atom is -0.342 e. The second-order valence-corrected chi connectivity index (χ2v) is 9.62. The van der Waals surface area contributed by atoms with Gasteiger partial charge in [0.1, 0.15) is 0 Å². The zero-order valence-electron chi connectivity index (χ0n) is 20.8. The SMILES string of the molecule is Cc1cccc(CSc2nnc(C(C)NC(=O)c3ccc(C)c([N+](=O)[O-])c3)n2-c2ccc([N+](=O)[O-])cc2)c1. The highest BCUT2D eigenvalue weighted by molar-refractivity contribution is 7.98. The highest BCUT2D eigenvalue weighted by Gasteiger charge is 2.23. The van der Waals surface area contributed by atoms with Crippen LogP contribution in [0.3, 0.4) is 0 Å². The van der Waals surface area contributed by atoms with Crippen molar-refractivity contribution in [2.45, 2.75) is 37.7 Å². The summed E-state index contributed by atoms with van der Waals surface area (Å²) in [5.41, 5.74) is 3.21. The van der Waals surface area contributed by atoms with Crippen molar-refractivity contribution in [1.29, 1.82) is 0 Å². The molecule has 1 unspecified atom stereocenters. The summed E-state index contributed by atoms with van der Waals surface area (Å²) in [6.07, 6.45) is 0. The first-order valence-corrected chi connectivity index (χ1v) is 12.6. The van der Waals surface area contributed by atoms with E-state index in [0.29, 0.717) is 28.0 Å². The van der Waals surface area contributed by atoms with Crippen LogP contribution in [0.25, 0.3) is 5.69 Å². The van der Waals surface area contributed by atoms with Crippen LogP contribution in [0, 0.1) is 34.1 Å². The van der Waals surface area contributed by atoms with E-state index < -0.39 is 21.8 Å². The van der Waals surface area contributed by atoms with E-state index in [9.17, 15) is 25.0 Å². The van der Waals surface area contributed by atoms with Crippen molar-refractivity contribution in [2.75, 3.05) is 0 Å². The Morgan fingerprint density at radius 1 is 1.00 bits per heavy atom. The summed E-state index contributed by atoms with van der Waals surface area (Å²) in [6, 6.07) is 17.7. The van der Waals surface area contributed by atoms with E-state index in [4.69, 9.17) is 0 Å². The van der Waals surface area contributed by atoms with Gasteiger partial charge in [0.15, 0.2) is 11.0 Å². The molecular weight excluding hydrogens is 508 g/mol. The number of thioether (sulfide) groups is 1. The predicted molar refractivity (Wildman–Crippen MR) is 142 cm³/mol. The number of nitrogens with zero attached hydrogens (tertiary/aromatic N) is 5. The molecule has 1 aromatic heterocycles. The summed E-state index contributed by atoms with van der Waals surface area (Å²) >= 11 is 1.44. The van der Waals surface area contributed by atoms with Gasteiger partial charge < -0.3 is 5.32 Å². The molecule has 0 aliphatic heterocycles. The van der Waals surface area contributed by atoms with Gasteiger partial charge in [-0.3, -0.25) is 29.6 Å². The van der Waals surface area contributed by atoms with Crippen LogP contribution in [0.5, 0.6) is 0 Å². The first-order valence-electron chi connectivity index (χ1n) is 11.6. The average Bonchev–Trinajstić information content (AvgIpc) is 3.31. The quantitative estimate of drug-likeness (QED) is 0.169. The van der Waals surface area contributed by atoms with Gasteiger partial charge in [-0.15, -0.1) is 10.2 Å². The number of non-ortho nitro benzene ring substituents is 1. The van der Waals surface area contributed by atoms with Gasteiger partial charge in [0.2, 0.25) is 0 Å². The molecule has 1 amide bonds. The topological polar surface area (TPSA) is 146 Å². The van der Waals surface area contributed by atoms with Gasteiger partial charge in [-0.2, -0.15) is 0 Å². The molecule has 4 rings (SSSR count). The molecule has 0 spiro atoms. The minimum absolute atomic E-state index is 0.0559. The molecule has 12 heteroatoms. The Morgan fingerprint density at radius 3 is 2.39 bits per heavy atom.